The van der Waals surface area contributed by atoms with Crippen molar-refractivity contribution in [1.29, 1.82) is 0 Å². The predicted molar refractivity (Wildman–Crippen MR) is 101 cm³/mol. The summed E-state index contributed by atoms with van der Waals surface area (Å²) in [6.07, 6.45) is 1.39. The summed E-state index contributed by atoms with van der Waals surface area (Å²) in [7, 11) is 0. The van der Waals surface area contributed by atoms with Gasteiger partial charge in [0.15, 0.2) is 11.6 Å². The Kier molecular flexibility index (Phi) is 5.39. The standard InChI is InChI=1S/C20H18F3N3O2/c1-3-26(20(28)25-13-6-4-12(21)5-7-13)11(2)15-10-24-19(27)17-14(15)8-9-16(22)18(17)23/h4-11H,3H2,1-2H3,(H,24,27)(H,25,28)/t11-/m1/s1. The Morgan fingerprint density at radius 3 is 2.46 bits per heavy atom. The molecule has 0 aliphatic heterocycles. The third-order valence-corrected chi connectivity index (χ3v) is 4.61. The van der Waals surface area contributed by atoms with Crippen LogP contribution in [0.3, 0.4) is 0 Å². The van der Waals surface area contributed by atoms with Crippen molar-refractivity contribution in [3.05, 3.63) is 76.0 Å². The molecule has 5 nitrogen and oxygen atoms in total. The summed E-state index contributed by atoms with van der Waals surface area (Å²) < 4.78 is 40.7. The smallest absolute Gasteiger partial charge is 0.322 e. The molecule has 3 rings (SSSR count). The number of fused-ring (bicyclic) bond motifs is 1. The molecule has 0 unspecified atom stereocenters. The second kappa shape index (κ2) is 7.75. The summed E-state index contributed by atoms with van der Waals surface area (Å²) in [6.45, 7) is 3.77. The average Bonchev–Trinajstić information content (AvgIpc) is 2.67. The Hall–Kier alpha value is -3.29. The minimum atomic E-state index is -1.23. The van der Waals surface area contributed by atoms with Crippen LogP contribution in [0.2, 0.25) is 0 Å². The number of benzene rings is 2. The zero-order chi connectivity index (χ0) is 20.4. The number of aromatic amines is 1. The zero-order valence-electron chi connectivity index (χ0n) is 15.2. The third-order valence-electron chi connectivity index (χ3n) is 4.61. The van der Waals surface area contributed by atoms with Crippen LogP contribution in [0.5, 0.6) is 0 Å². The quantitative estimate of drug-likeness (QED) is 0.687. The molecule has 1 atom stereocenters. The highest BCUT2D eigenvalue weighted by Crippen LogP contribution is 2.28. The molecule has 0 saturated carbocycles. The number of amides is 2. The van der Waals surface area contributed by atoms with Crippen LogP contribution in [0.25, 0.3) is 10.8 Å². The third kappa shape index (κ3) is 3.58. The number of H-pyrrole nitrogens is 1. The first-order chi connectivity index (χ1) is 13.3. The molecule has 0 radical (unpaired) electrons. The molecule has 3 aromatic rings. The van der Waals surface area contributed by atoms with E-state index in [1.165, 1.54) is 41.4 Å². The lowest BCUT2D eigenvalue weighted by Gasteiger charge is -2.29. The number of hydrogen-bond acceptors (Lipinski definition) is 2. The summed E-state index contributed by atoms with van der Waals surface area (Å²) in [6, 6.07) is 6.56. The van der Waals surface area contributed by atoms with Gasteiger partial charge in [-0.05, 0) is 55.1 Å². The van der Waals surface area contributed by atoms with Crippen LogP contribution < -0.4 is 10.9 Å². The first-order valence-electron chi connectivity index (χ1n) is 8.66. The van der Waals surface area contributed by atoms with Gasteiger partial charge in [-0.3, -0.25) is 4.79 Å². The van der Waals surface area contributed by atoms with Gasteiger partial charge in [0.1, 0.15) is 5.82 Å². The Labute approximate surface area is 158 Å². The number of halogens is 3. The fourth-order valence-electron chi connectivity index (χ4n) is 3.14. The highest BCUT2D eigenvalue weighted by molar-refractivity contribution is 5.91. The summed E-state index contributed by atoms with van der Waals surface area (Å²) in [5.74, 6) is -2.77. The van der Waals surface area contributed by atoms with Crippen LogP contribution in [-0.4, -0.2) is 22.5 Å². The Bertz CT molecular complexity index is 1080. The molecule has 0 saturated heterocycles. The second-order valence-corrected chi connectivity index (χ2v) is 6.26. The molecule has 0 spiro atoms. The van der Waals surface area contributed by atoms with Gasteiger partial charge in [0.2, 0.25) is 0 Å². The zero-order valence-corrected chi connectivity index (χ0v) is 15.2. The van der Waals surface area contributed by atoms with Gasteiger partial charge in [0, 0.05) is 18.4 Å². The van der Waals surface area contributed by atoms with Gasteiger partial charge in [-0.15, -0.1) is 0 Å². The van der Waals surface area contributed by atoms with E-state index in [9.17, 15) is 22.8 Å². The average molecular weight is 389 g/mol. The Morgan fingerprint density at radius 2 is 1.82 bits per heavy atom. The van der Waals surface area contributed by atoms with Gasteiger partial charge < -0.3 is 15.2 Å². The molecule has 2 amide bonds. The van der Waals surface area contributed by atoms with Crippen LogP contribution in [-0.2, 0) is 0 Å². The van der Waals surface area contributed by atoms with E-state index in [-0.39, 0.29) is 10.8 Å². The monoisotopic (exact) mass is 389 g/mol. The van der Waals surface area contributed by atoms with Gasteiger partial charge in [0.25, 0.3) is 5.56 Å². The second-order valence-electron chi connectivity index (χ2n) is 6.26. The number of anilines is 1. The molecule has 0 aliphatic rings. The van der Waals surface area contributed by atoms with Crippen molar-refractivity contribution in [2.75, 3.05) is 11.9 Å². The van der Waals surface area contributed by atoms with Crippen molar-refractivity contribution in [3.63, 3.8) is 0 Å². The van der Waals surface area contributed by atoms with E-state index in [2.05, 4.69) is 10.3 Å². The molecule has 146 valence electrons. The topological polar surface area (TPSA) is 65.2 Å². The molecule has 1 aromatic heterocycles. The molecule has 0 fully saturated rings. The molecule has 0 bridgehead atoms. The lowest BCUT2D eigenvalue weighted by Crippen LogP contribution is -2.37. The van der Waals surface area contributed by atoms with Crippen molar-refractivity contribution in [2.45, 2.75) is 19.9 Å². The van der Waals surface area contributed by atoms with E-state index < -0.39 is 35.1 Å². The van der Waals surface area contributed by atoms with Gasteiger partial charge in [0.05, 0.1) is 11.4 Å². The molecule has 1 heterocycles. The molecule has 0 aliphatic carbocycles. The normalized spacial score (nSPS) is 12.0. The number of hydrogen-bond donors (Lipinski definition) is 2. The van der Waals surface area contributed by atoms with Crippen LogP contribution >= 0.6 is 0 Å². The van der Waals surface area contributed by atoms with Crippen LogP contribution in [0.15, 0.2) is 47.4 Å². The van der Waals surface area contributed by atoms with Crippen molar-refractivity contribution < 1.29 is 18.0 Å². The van der Waals surface area contributed by atoms with Crippen molar-refractivity contribution >= 4 is 22.5 Å². The van der Waals surface area contributed by atoms with Gasteiger partial charge in [-0.25, -0.2) is 18.0 Å². The van der Waals surface area contributed by atoms with Crippen molar-refractivity contribution in [3.8, 4) is 0 Å². The largest absolute Gasteiger partial charge is 0.328 e. The van der Waals surface area contributed by atoms with Crippen LogP contribution in [0.4, 0.5) is 23.7 Å². The Morgan fingerprint density at radius 1 is 1.14 bits per heavy atom. The molecule has 8 heteroatoms. The number of nitrogens with one attached hydrogen (secondary N) is 2. The fraction of sp³-hybridized carbons (Fsp3) is 0.200. The molecule has 28 heavy (non-hydrogen) atoms. The first-order valence-corrected chi connectivity index (χ1v) is 8.66. The summed E-state index contributed by atoms with van der Waals surface area (Å²) >= 11 is 0. The summed E-state index contributed by atoms with van der Waals surface area (Å²) in [5, 5.41) is 2.50. The predicted octanol–water partition coefficient (Wildman–Crippen LogP) is 4.56. The van der Waals surface area contributed by atoms with E-state index in [0.29, 0.717) is 17.8 Å². The van der Waals surface area contributed by atoms with Crippen LogP contribution in [0.1, 0.15) is 25.5 Å². The molecule has 2 aromatic carbocycles. The number of pyridine rings is 1. The highest BCUT2D eigenvalue weighted by atomic mass is 19.2. The molecule has 2 N–H and O–H groups in total. The highest BCUT2D eigenvalue weighted by Gasteiger charge is 2.24. The number of nitrogens with zero attached hydrogens (tertiary/aromatic N) is 1. The minimum absolute atomic E-state index is 0.225. The maximum atomic E-state index is 14.1. The van der Waals surface area contributed by atoms with Gasteiger partial charge in [-0.1, -0.05) is 6.07 Å². The summed E-state index contributed by atoms with van der Waals surface area (Å²) in [5.41, 5.74) is 0.128. The SMILES string of the molecule is CCN(C(=O)Nc1ccc(F)cc1)[C@H](C)c1c[nH]c(=O)c2c(F)c(F)ccc12. The van der Waals surface area contributed by atoms with E-state index in [1.807, 2.05) is 0 Å². The fourth-order valence-corrected chi connectivity index (χ4v) is 3.14. The first kappa shape index (κ1) is 19.5. The summed E-state index contributed by atoms with van der Waals surface area (Å²) in [4.78, 5) is 28.5. The van der Waals surface area contributed by atoms with Gasteiger partial charge in [-0.2, -0.15) is 0 Å². The maximum Gasteiger partial charge on any atom is 0.322 e. The molecular formula is C20H18F3N3O2. The van der Waals surface area contributed by atoms with Crippen LogP contribution in [0, 0.1) is 17.5 Å². The van der Waals surface area contributed by atoms with Crippen molar-refractivity contribution in [1.82, 2.24) is 9.88 Å². The van der Waals surface area contributed by atoms with E-state index >= 15 is 0 Å². The lowest BCUT2D eigenvalue weighted by molar-refractivity contribution is 0.197. The number of aromatic nitrogens is 1. The molecular weight excluding hydrogens is 371 g/mol. The number of urea groups is 1. The van der Waals surface area contributed by atoms with Gasteiger partial charge >= 0.3 is 6.03 Å². The minimum Gasteiger partial charge on any atom is -0.328 e. The van der Waals surface area contributed by atoms with E-state index in [4.69, 9.17) is 0 Å². The van der Waals surface area contributed by atoms with E-state index in [0.717, 1.165) is 6.07 Å². The maximum absolute atomic E-state index is 14.1. The Balaban J connectivity index is 1.97. The lowest BCUT2D eigenvalue weighted by atomic mass is 10.0. The van der Waals surface area contributed by atoms with E-state index in [1.54, 1.807) is 13.8 Å². The number of carbonyl (C=O) groups is 1. The van der Waals surface area contributed by atoms with Crippen molar-refractivity contribution in [2.24, 2.45) is 0 Å². The number of rotatable bonds is 4. The number of carbonyl (C=O) groups excluding carboxylic acids is 1.